The minimum absolute atomic E-state index is 0.146. The molecule has 1 atom stereocenters. The number of amides is 1. The van der Waals surface area contributed by atoms with Crippen LogP contribution in [0.1, 0.15) is 6.92 Å². The van der Waals surface area contributed by atoms with E-state index >= 15 is 0 Å². The van der Waals surface area contributed by atoms with Crippen molar-refractivity contribution in [2.75, 3.05) is 12.1 Å². The number of thioether (sulfide) groups is 1. The van der Waals surface area contributed by atoms with Gasteiger partial charge in [-0.1, -0.05) is 30.0 Å². The fraction of sp³-hybridized carbons (Fsp3) is 0.190. The second kappa shape index (κ2) is 7.42. The third-order valence-electron chi connectivity index (χ3n) is 4.77. The Morgan fingerprint density at radius 1 is 1.13 bits per heavy atom. The highest BCUT2D eigenvalue weighted by atomic mass is 32.2. The number of carbonyl (C=O) groups is 1. The van der Waals surface area contributed by atoms with Crippen LogP contribution in [0.25, 0.3) is 22.6 Å². The second-order valence-electron chi connectivity index (χ2n) is 6.83. The fourth-order valence-electron chi connectivity index (χ4n) is 3.15. The molecule has 0 spiro atoms. The van der Waals surface area contributed by atoms with Crippen molar-refractivity contribution in [3.05, 3.63) is 48.5 Å². The van der Waals surface area contributed by atoms with Gasteiger partial charge in [0.05, 0.1) is 5.25 Å². The topological polar surface area (TPSA) is 91.4 Å². The predicted molar refractivity (Wildman–Crippen MR) is 113 cm³/mol. The maximum Gasteiger partial charge on any atom is 0.237 e. The summed E-state index contributed by atoms with van der Waals surface area (Å²) in [4.78, 5) is 12.6. The van der Waals surface area contributed by atoms with Crippen LogP contribution in [0.4, 0.5) is 5.69 Å². The number of para-hydroxylation sites is 1. The Morgan fingerprint density at radius 2 is 1.97 bits per heavy atom. The van der Waals surface area contributed by atoms with Gasteiger partial charge >= 0.3 is 0 Å². The molecule has 3 heterocycles. The first-order valence-corrected chi connectivity index (χ1v) is 10.2. The molecule has 0 saturated carbocycles. The summed E-state index contributed by atoms with van der Waals surface area (Å²) in [6.07, 6.45) is 0. The molecular formula is C21H18N4O4S. The van der Waals surface area contributed by atoms with E-state index in [1.165, 1.54) is 11.8 Å². The number of benzene rings is 2. The molecule has 5 rings (SSSR count). The second-order valence-corrected chi connectivity index (χ2v) is 8.14. The first kappa shape index (κ1) is 18.6. The van der Waals surface area contributed by atoms with Crippen molar-refractivity contribution in [1.29, 1.82) is 0 Å². The first-order valence-electron chi connectivity index (χ1n) is 9.34. The molecule has 30 heavy (non-hydrogen) atoms. The average Bonchev–Trinajstić information content (AvgIpc) is 3.46. The fourth-order valence-corrected chi connectivity index (χ4v) is 3.97. The Hall–Kier alpha value is -3.46. The van der Waals surface area contributed by atoms with Crippen LogP contribution in [-0.2, 0) is 11.8 Å². The molecule has 8 nitrogen and oxygen atoms in total. The first-order chi connectivity index (χ1) is 14.6. The van der Waals surface area contributed by atoms with Gasteiger partial charge in [0.1, 0.15) is 5.58 Å². The highest BCUT2D eigenvalue weighted by molar-refractivity contribution is 8.00. The van der Waals surface area contributed by atoms with Crippen LogP contribution >= 0.6 is 11.8 Å². The molecule has 1 N–H and O–H groups in total. The average molecular weight is 422 g/mol. The summed E-state index contributed by atoms with van der Waals surface area (Å²) < 4.78 is 18.3. The van der Waals surface area contributed by atoms with Crippen molar-refractivity contribution in [1.82, 2.24) is 14.8 Å². The van der Waals surface area contributed by atoms with E-state index < -0.39 is 0 Å². The molecule has 0 radical (unpaired) electrons. The zero-order valence-electron chi connectivity index (χ0n) is 16.3. The number of furan rings is 1. The molecular weight excluding hydrogens is 404 g/mol. The summed E-state index contributed by atoms with van der Waals surface area (Å²) in [5, 5.41) is 12.6. The third kappa shape index (κ3) is 3.37. The molecule has 0 aliphatic carbocycles. The quantitative estimate of drug-likeness (QED) is 0.485. The van der Waals surface area contributed by atoms with E-state index in [1.54, 1.807) is 18.2 Å². The summed E-state index contributed by atoms with van der Waals surface area (Å²) in [5.41, 5.74) is 1.44. The van der Waals surface area contributed by atoms with Crippen molar-refractivity contribution in [3.8, 4) is 23.1 Å². The number of rotatable bonds is 5. The van der Waals surface area contributed by atoms with Crippen LogP contribution in [0.5, 0.6) is 11.5 Å². The molecule has 1 unspecified atom stereocenters. The minimum atomic E-state index is -0.387. The van der Waals surface area contributed by atoms with E-state index in [9.17, 15) is 4.79 Å². The smallest absolute Gasteiger partial charge is 0.237 e. The monoisotopic (exact) mass is 422 g/mol. The van der Waals surface area contributed by atoms with Crippen molar-refractivity contribution in [2.24, 2.45) is 7.05 Å². The van der Waals surface area contributed by atoms with Gasteiger partial charge in [-0.15, -0.1) is 10.2 Å². The molecule has 1 aliphatic heterocycles. The van der Waals surface area contributed by atoms with E-state index in [2.05, 4.69) is 15.5 Å². The highest BCUT2D eigenvalue weighted by Gasteiger charge is 2.22. The highest BCUT2D eigenvalue weighted by Crippen LogP contribution is 2.35. The van der Waals surface area contributed by atoms with Crippen LogP contribution in [-0.4, -0.2) is 32.7 Å². The van der Waals surface area contributed by atoms with Crippen molar-refractivity contribution in [3.63, 3.8) is 0 Å². The third-order valence-corrected chi connectivity index (χ3v) is 5.91. The minimum Gasteiger partial charge on any atom is -0.454 e. The standard InChI is InChI=1S/C21H18N4O4S/c1-12(20(26)22-14-7-8-16-17(10-14)28-11-27-16)30-21-24-23-19(25(21)2)18-9-13-5-3-4-6-15(13)29-18/h3-10,12H,11H2,1-2H3,(H,22,26). The summed E-state index contributed by atoms with van der Waals surface area (Å²) >= 11 is 1.33. The maximum atomic E-state index is 12.6. The van der Waals surface area contributed by atoms with Crippen LogP contribution < -0.4 is 14.8 Å². The van der Waals surface area contributed by atoms with Crippen molar-refractivity contribution < 1.29 is 18.7 Å². The largest absolute Gasteiger partial charge is 0.454 e. The molecule has 152 valence electrons. The Labute approximate surface area is 176 Å². The van der Waals surface area contributed by atoms with Crippen LogP contribution in [0.2, 0.25) is 0 Å². The summed E-state index contributed by atoms with van der Waals surface area (Å²) in [5.74, 6) is 2.39. The van der Waals surface area contributed by atoms with Crippen LogP contribution in [0.3, 0.4) is 0 Å². The Bertz CT molecular complexity index is 1220. The lowest BCUT2D eigenvalue weighted by Crippen LogP contribution is -2.22. The molecule has 9 heteroatoms. The molecule has 0 fully saturated rings. The lowest BCUT2D eigenvalue weighted by Gasteiger charge is -2.12. The normalized spacial score (nSPS) is 13.5. The molecule has 1 aliphatic rings. The van der Waals surface area contributed by atoms with Crippen LogP contribution in [0, 0.1) is 0 Å². The molecule has 4 aromatic rings. The SMILES string of the molecule is CC(Sc1nnc(-c2cc3ccccc3o2)n1C)C(=O)Nc1ccc2c(c1)OCO2. The van der Waals surface area contributed by atoms with Gasteiger partial charge in [-0.2, -0.15) is 0 Å². The van der Waals surface area contributed by atoms with E-state index in [0.29, 0.717) is 33.9 Å². The van der Waals surface area contributed by atoms with Gasteiger partial charge in [0.2, 0.25) is 12.7 Å². The number of ether oxygens (including phenoxy) is 2. The molecule has 0 saturated heterocycles. The number of hydrogen-bond acceptors (Lipinski definition) is 7. The van der Waals surface area contributed by atoms with E-state index in [1.807, 2.05) is 48.9 Å². The van der Waals surface area contributed by atoms with E-state index in [4.69, 9.17) is 13.9 Å². The Kier molecular flexibility index (Phi) is 4.59. The van der Waals surface area contributed by atoms with Gasteiger partial charge in [0.15, 0.2) is 28.2 Å². The number of aromatic nitrogens is 3. The summed E-state index contributed by atoms with van der Waals surface area (Å²) in [7, 11) is 1.85. The van der Waals surface area contributed by atoms with Gasteiger partial charge in [-0.25, -0.2) is 0 Å². The number of anilines is 1. The molecule has 1 amide bonds. The van der Waals surface area contributed by atoms with Gasteiger partial charge in [-0.05, 0) is 31.2 Å². The maximum absolute atomic E-state index is 12.6. The zero-order valence-corrected chi connectivity index (χ0v) is 17.1. The number of fused-ring (bicyclic) bond motifs is 2. The van der Waals surface area contributed by atoms with E-state index in [-0.39, 0.29) is 18.0 Å². The van der Waals surface area contributed by atoms with Crippen LogP contribution in [0.15, 0.2) is 58.1 Å². The number of carbonyl (C=O) groups excluding carboxylic acids is 1. The van der Waals surface area contributed by atoms with Crippen molar-refractivity contribution >= 4 is 34.3 Å². The van der Waals surface area contributed by atoms with Gasteiger partial charge in [-0.3, -0.25) is 4.79 Å². The van der Waals surface area contributed by atoms with Gasteiger partial charge in [0, 0.05) is 24.2 Å². The lowest BCUT2D eigenvalue weighted by atomic mass is 10.2. The van der Waals surface area contributed by atoms with Gasteiger partial charge < -0.3 is 23.8 Å². The summed E-state index contributed by atoms with van der Waals surface area (Å²) in [6, 6.07) is 15.0. The number of nitrogens with zero attached hydrogens (tertiary/aromatic N) is 3. The predicted octanol–water partition coefficient (Wildman–Crippen LogP) is 4.08. The molecule has 2 aromatic heterocycles. The number of hydrogen-bond donors (Lipinski definition) is 1. The molecule has 2 aromatic carbocycles. The Balaban J connectivity index is 1.30. The van der Waals surface area contributed by atoms with Crippen molar-refractivity contribution in [2.45, 2.75) is 17.3 Å². The number of nitrogens with one attached hydrogen (secondary N) is 1. The van der Waals surface area contributed by atoms with Gasteiger partial charge in [0.25, 0.3) is 0 Å². The summed E-state index contributed by atoms with van der Waals surface area (Å²) in [6.45, 7) is 2.02. The lowest BCUT2D eigenvalue weighted by molar-refractivity contribution is -0.115. The van der Waals surface area contributed by atoms with E-state index in [0.717, 1.165) is 11.0 Å². The Morgan fingerprint density at radius 3 is 2.83 bits per heavy atom. The zero-order chi connectivity index (χ0) is 20.7. The molecule has 0 bridgehead atoms.